The van der Waals surface area contributed by atoms with Crippen molar-refractivity contribution in [2.45, 2.75) is 13.3 Å². The molecule has 0 bridgehead atoms. The first-order valence-corrected chi connectivity index (χ1v) is 6.07. The third-order valence-electron chi connectivity index (χ3n) is 2.25. The number of hydrogen-bond acceptors (Lipinski definition) is 3. The highest BCUT2D eigenvalue weighted by molar-refractivity contribution is 9.10. The van der Waals surface area contributed by atoms with E-state index < -0.39 is 11.7 Å². The van der Waals surface area contributed by atoms with Gasteiger partial charge in [-0.25, -0.2) is 9.37 Å². The van der Waals surface area contributed by atoms with Crippen LogP contribution in [-0.2, 0) is 6.42 Å². The molecule has 18 heavy (non-hydrogen) atoms. The summed E-state index contributed by atoms with van der Waals surface area (Å²) in [5.41, 5.74) is 0.336. The van der Waals surface area contributed by atoms with Crippen LogP contribution in [0.4, 0.5) is 10.1 Å². The summed E-state index contributed by atoms with van der Waals surface area (Å²) in [7, 11) is 0. The molecular formula is C11H10BrFN4O. The number of benzene rings is 1. The van der Waals surface area contributed by atoms with Crippen LogP contribution in [0, 0.1) is 5.82 Å². The SMILES string of the molecule is CCc1nc(C(=O)Nc2cc(F)ccc2Br)n[nH]1. The van der Waals surface area contributed by atoms with Crippen LogP contribution in [0.25, 0.3) is 0 Å². The summed E-state index contributed by atoms with van der Waals surface area (Å²) in [6.07, 6.45) is 0.657. The van der Waals surface area contributed by atoms with Gasteiger partial charge in [0, 0.05) is 10.9 Å². The van der Waals surface area contributed by atoms with Gasteiger partial charge in [-0.15, -0.1) is 5.10 Å². The minimum atomic E-state index is -0.489. The molecule has 0 saturated heterocycles. The monoisotopic (exact) mass is 312 g/mol. The molecule has 0 atom stereocenters. The van der Waals surface area contributed by atoms with Crippen molar-refractivity contribution >= 4 is 27.5 Å². The Kier molecular flexibility index (Phi) is 3.71. The van der Waals surface area contributed by atoms with Gasteiger partial charge < -0.3 is 5.32 Å². The van der Waals surface area contributed by atoms with Crippen molar-refractivity contribution in [2.24, 2.45) is 0 Å². The molecule has 0 aliphatic heterocycles. The molecule has 2 N–H and O–H groups in total. The van der Waals surface area contributed by atoms with Gasteiger partial charge in [0.25, 0.3) is 5.91 Å². The van der Waals surface area contributed by atoms with E-state index in [0.29, 0.717) is 22.4 Å². The molecule has 2 aromatic rings. The molecule has 1 heterocycles. The maximum Gasteiger partial charge on any atom is 0.295 e. The molecule has 1 aromatic carbocycles. The Balaban J connectivity index is 2.18. The van der Waals surface area contributed by atoms with E-state index in [-0.39, 0.29) is 5.82 Å². The Labute approximate surface area is 111 Å². The first-order chi connectivity index (χ1) is 8.60. The van der Waals surface area contributed by atoms with E-state index in [9.17, 15) is 9.18 Å². The molecule has 5 nitrogen and oxygen atoms in total. The molecule has 0 aliphatic carbocycles. The fourth-order valence-corrected chi connectivity index (χ4v) is 1.67. The summed E-state index contributed by atoms with van der Waals surface area (Å²) in [5.74, 6) is -0.267. The number of anilines is 1. The Morgan fingerprint density at radius 1 is 1.56 bits per heavy atom. The zero-order valence-electron chi connectivity index (χ0n) is 9.50. The average molecular weight is 313 g/mol. The van der Waals surface area contributed by atoms with Gasteiger partial charge in [0.05, 0.1) is 5.69 Å². The van der Waals surface area contributed by atoms with Crippen molar-refractivity contribution in [3.05, 3.63) is 40.1 Å². The van der Waals surface area contributed by atoms with Crippen molar-refractivity contribution in [3.8, 4) is 0 Å². The summed E-state index contributed by atoms with van der Waals surface area (Å²) in [5, 5.41) is 8.95. The highest BCUT2D eigenvalue weighted by atomic mass is 79.9. The van der Waals surface area contributed by atoms with Gasteiger partial charge in [-0.1, -0.05) is 6.92 Å². The molecule has 2 rings (SSSR count). The van der Waals surface area contributed by atoms with Gasteiger partial charge >= 0.3 is 0 Å². The number of halogens is 2. The van der Waals surface area contributed by atoms with Gasteiger partial charge in [0.15, 0.2) is 0 Å². The van der Waals surface area contributed by atoms with Crippen LogP contribution < -0.4 is 5.32 Å². The lowest BCUT2D eigenvalue weighted by Crippen LogP contribution is -2.14. The van der Waals surface area contributed by atoms with Gasteiger partial charge in [0.2, 0.25) is 5.82 Å². The lowest BCUT2D eigenvalue weighted by molar-refractivity contribution is 0.101. The smallest absolute Gasteiger partial charge is 0.295 e. The lowest BCUT2D eigenvalue weighted by atomic mass is 10.3. The Hall–Kier alpha value is -1.76. The zero-order valence-corrected chi connectivity index (χ0v) is 11.1. The summed E-state index contributed by atoms with van der Waals surface area (Å²) >= 11 is 3.22. The molecule has 7 heteroatoms. The molecular weight excluding hydrogens is 303 g/mol. The lowest BCUT2D eigenvalue weighted by Gasteiger charge is -2.04. The minimum Gasteiger partial charge on any atom is -0.318 e. The number of H-pyrrole nitrogens is 1. The van der Waals surface area contributed by atoms with Crippen LogP contribution >= 0.6 is 15.9 Å². The molecule has 0 fully saturated rings. The van der Waals surface area contributed by atoms with Gasteiger partial charge in [-0.2, -0.15) is 0 Å². The fraction of sp³-hybridized carbons (Fsp3) is 0.182. The van der Waals surface area contributed by atoms with Crippen molar-refractivity contribution < 1.29 is 9.18 Å². The van der Waals surface area contributed by atoms with Gasteiger partial charge in [0.1, 0.15) is 11.6 Å². The Morgan fingerprint density at radius 3 is 3.00 bits per heavy atom. The highest BCUT2D eigenvalue weighted by Crippen LogP contribution is 2.23. The van der Waals surface area contributed by atoms with E-state index in [0.717, 1.165) is 0 Å². The van der Waals surface area contributed by atoms with Crippen LogP contribution in [0.5, 0.6) is 0 Å². The molecule has 0 spiro atoms. The van der Waals surface area contributed by atoms with Crippen LogP contribution in [0.2, 0.25) is 0 Å². The highest BCUT2D eigenvalue weighted by Gasteiger charge is 2.13. The first-order valence-electron chi connectivity index (χ1n) is 5.28. The van der Waals surface area contributed by atoms with Crippen molar-refractivity contribution in [2.75, 3.05) is 5.32 Å². The maximum atomic E-state index is 13.0. The van der Waals surface area contributed by atoms with E-state index in [4.69, 9.17) is 0 Å². The number of rotatable bonds is 3. The van der Waals surface area contributed by atoms with E-state index in [1.165, 1.54) is 18.2 Å². The van der Waals surface area contributed by atoms with Crippen LogP contribution in [0.15, 0.2) is 22.7 Å². The van der Waals surface area contributed by atoms with Crippen LogP contribution in [0.3, 0.4) is 0 Å². The number of nitrogens with zero attached hydrogens (tertiary/aromatic N) is 2. The molecule has 0 radical (unpaired) electrons. The number of nitrogens with one attached hydrogen (secondary N) is 2. The topological polar surface area (TPSA) is 70.7 Å². The molecule has 0 aliphatic rings. The number of aromatic amines is 1. The predicted molar refractivity (Wildman–Crippen MR) is 67.8 cm³/mol. The van der Waals surface area contributed by atoms with E-state index in [1.54, 1.807) is 0 Å². The molecule has 1 aromatic heterocycles. The minimum absolute atomic E-state index is 0.0306. The summed E-state index contributed by atoms with van der Waals surface area (Å²) < 4.78 is 13.6. The van der Waals surface area contributed by atoms with Gasteiger partial charge in [-0.3, -0.25) is 9.89 Å². The maximum absolute atomic E-state index is 13.0. The average Bonchev–Trinajstić information content (AvgIpc) is 2.82. The fourth-order valence-electron chi connectivity index (χ4n) is 1.33. The standard InChI is InChI=1S/C11H10BrFN4O/c1-2-9-15-10(17-16-9)11(18)14-8-5-6(13)3-4-7(8)12/h3-5H,2H2,1H3,(H,14,18)(H,15,16,17). The number of amides is 1. The van der Waals surface area contributed by atoms with Crippen molar-refractivity contribution in [1.82, 2.24) is 15.2 Å². The molecule has 0 saturated carbocycles. The van der Waals surface area contributed by atoms with Crippen LogP contribution in [-0.4, -0.2) is 21.1 Å². The Morgan fingerprint density at radius 2 is 2.33 bits per heavy atom. The predicted octanol–water partition coefficient (Wildman–Crippen LogP) is 2.52. The number of aromatic nitrogens is 3. The van der Waals surface area contributed by atoms with E-state index in [2.05, 4.69) is 36.4 Å². The molecule has 94 valence electrons. The van der Waals surface area contributed by atoms with Crippen molar-refractivity contribution in [1.29, 1.82) is 0 Å². The second kappa shape index (κ2) is 5.26. The molecule has 1 amide bonds. The summed E-state index contributed by atoms with van der Waals surface area (Å²) in [6.45, 7) is 1.89. The van der Waals surface area contributed by atoms with Crippen LogP contribution in [0.1, 0.15) is 23.4 Å². The number of carbonyl (C=O) groups excluding carboxylic acids is 1. The van der Waals surface area contributed by atoms with Gasteiger partial charge in [-0.05, 0) is 34.1 Å². The second-order valence-corrected chi connectivity index (χ2v) is 4.39. The third kappa shape index (κ3) is 2.73. The molecule has 0 unspecified atom stereocenters. The number of aryl methyl sites for hydroxylation is 1. The van der Waals surface area contributed by atoms with E-state index in [1.807, 2.05) is 6.92 Å². The quantitative estimate of drug-likeness (QED) is 0.915. The number of hydrogen-bond donors (Lipinski definition) is 2. The summed E-state index contributed by atoms with van der Waals surface area (Å²) in [4.78, 5) is 15.8. The third-order valence-corrected chi connectivity index (χ3v) is 2.94. The normalized spacial score (nSPS) is 10.4. The second-order valence-electron chi connectivity index (χ2n) is 3.54. The zero-order chi connectivity index (χ0) is 13.1. The summed E-state index contributed by atoms with van der Waals surface area (Å²) in [6, 6.07) is 4.03. The number of carbonyl (C=O) groups is 1. The van der Waals surface area contributed by atoms with Crippen molar-refractivity contribution in [3.63, 3.8) is 0 Å². The largest absolute Gasteiger partial charge is 0.318 e. The van der Waals surface area contributed by atoms with E-state index >= 15 is 0 Å². The Bertz CT molecular complexity index is 584. The first kappa shape index (κ1) is 12.7.